The number of carbonyl (C=O) groups excluding carboxylic acids is 1. The van der Waals surface area contributed by atoms with Crippen molar-refractivity contribution in [3.63, 3.8) is 0 Å². The molecule has 0 heterocycles. The Hall–Kier alpha value is -3.09. The topological polar surface area (TPSA) is 95.7 Å². The van der Waals surface area contributed by atoms with Gasteiger partial charge in [-0.25, -0.2) is 9.18 Å². The minimum atomic E-state index is -1.01. The van der Waals surface area contributed by atoms with E-state index in [-0.39, 0.29) is 18.0 Å². The molecule has 1 fully saturated rings. The van der Waals surface area contributed by atoms with E-state index in [0.29, 0.717) is 28.9 Å². The number of anilines is 3. The van der Waals surface area contributed by atoms with Crippen molar-refractivity contribution in [1.82, 2.24) is 0 Å². The summed E-state index contributed by atoms with van der Waals surface area (Å²) in [6.07, 6.45) is 5.59. The molecule has 1 aliphatic carbocycles. The first-order valence-electron chi connectivity index (χ1n) is 12.6. The molecule has 1 saturated carbocycles. The predicted octanol–water partition coefficient (Wildman–Crippen LogP) is 6.95. The number of carbonyl (C=O) groups is 2. The van der Waals surface area contributed by atoms with Gasteiger partial charge in [-0.3, -0.25) is 9.69 Å². The number of carboxylic acids is 1. The lowest BCUT2D eigenvalue weighted by molar-refractivity contribution is -0.137. The monoisotopic (exact) mass is 483 g/mol. The molecule has 4 N–H and O–H groups in total. The molecule has 6 nitrogen and oxygen atoms in total. The number of hydrogen-bond acceptors (Lipinski definition) is 3. The molecule has 7 heteroatoms. The van der Waals surface area contributed by atoms with Crippen molar-refractivity contribution in [2.24, 2.45) is 17.6 Å². The Morgan fingerprint density at radius 3 is 2.34 bits per heavy atom. The fourth-order valence-corrected chi connectivity index (χ4v) is 5.31. The quantitative estimate of drug-likeness (QED) is 0.360. The summed E-state index contributed by atoms with van der Waals surface area (Å²) in [5, 5.41) is 12.9. The molecular weight excluding hydrogens is 445 g/mol. The van der Waals surface area contributed by atoms with Crippen molar-refractivity contribution in [2.75, 3.05) is 10.2 Å². The Labute approximate surface area is 207 Å². The van der Waals surface area contributed by atoms with Crippen LogP contribution < -0.4 is 16.0 Å². The van der Waals surface area contributed by atoms with Gasteiger partial charge in [-0.15, -0.1) is 0 Å². The van der Waals surface area contributed by atoms with Crippen molar-refractivity contribution in [3.05, 3.63) is 53.3 Å². The number of rotatable bonds is 9. The molecule has 0 spiro atoms. The molecule has 190 valence electrons. The molecule has 35 heavy (non-hydrogen) atoms. The Balaban J connectivity index is 2.16. The SMILES string of the molecule is Cc1ccccc1N(C(N)=O)c1cc(C(C)CC(=O)O)c(F)cc1NC(C(C)C)C1CCCCC1. The third-order valence-corrected chi connectivity index (χ3v) is 7.14. The molecule has 0 aliphatic heterocycles. The summed E-state index contributed by atoms with van der Waals surface area (Å²) < 4.78 is 15.4. The second kappa shape index (κ2) is 11.6. The fraction of sp³-hybridized carbons (Fsp3) is 0.500. The van der Waals surface area contributed by atoms with Crippen LogP contribution in [0.15, 0.2) is 36.4 Å². The molecule has 0 bridgehead atoms. The summed E-state index contributed by atoms with van der Waals surface area (Å²) in [5.74, 6) is -1.34. The Morgan fingerprint density at radius 2 is 1.77 bits per heavy atom. The van der Waals surface area contributed by atoms with Crippen molar-refractivity contribution in [3.8, 4) is 0 Å². The molecule has 1 aliphatic rings. The molecule has 2 amide bonds. The molecule has 0 saturated heterocycles. The minimum Gasteiger partial charge on any atom is -0.481 e. The second-order valence-corrected chi connectivity index (χ2v) is 10.2. The minimum absolute atomic E-state index is 0.0994. The van der Waals surface area contributed by atoms with E-state index in [0.717, 1.165) is 18.4 Å². The summed E-state index contributed by atoms with van der Waals surface area (Å²) in [4.78, 5) is 25.5. The van der Waals surface area contributed by atoms with E-state index in [1.165, 1.54) is 30.2 Å². The van der Waals surface area contributed by atoms with Gasteiger partial charge in [0.25, 0.3) is 0 Å². The van der Waals surface area contributed by atoms with E-state index in [9.17, 15) is 14.7 Å². The molecule has 3 rings (SSSR count). The number of nitrogens with zero attached hydrogens (tertiary/aromatic N) is 1. The maximum Gasteiger partial charge on any atom is 0.323 e. The number of hydrogen-bond donors (Lipinski definition) is 3. The maximum absolute atomic E-state index is 15.4. The molecular formula is C28H38FN3O3. The number of urea groups is 1. The highest BCUT2D eigenvalue weighted by Gasteiger charge is 2.30. The van der Waals surface area contributed by atoms with Crippen LogP contribution in [0, 0.1) is 24.6 Å². The lowest BCUT2D eigenvalue weighted by atomic mass is 9.79. The number of primary amides is 1. The number of aliphatic carboxylic acids is 1. The van der Waals surface area contributed by atoms with Crippen LogP contribution in [0.25, 0.3) is 0 Å². The van der Waals surface area contributed by atoms with Gasteiger partial charge in [-0.2, -0.15) is 0 Å². The third kappa shape index (κ3) is 6.32. The molecule has 0 aromatic heterocycles. The van der Waals surface area contributed by atoms with Crippen LogP contribution in [0.4, 0.5) is 26.2 Å². The van der Waals surface area contributed by atoms with E-state index >= 15 is 4.39 Å². The van der Waals surface area contributed by atoms with Gasteiger partial charge in [-0.1, -0.05) is 58.2 Å². The fourth-order valence-electron chi connectivity index (χ4n) is 5.31. The molecule has 2 unspecified atom stereocenters. The van der Waals surface area contributed by atoms with Crippen LogP contribution >= 0.6 is 0 Å². The maximum atomic E-state index is 15.4. The number of amides is 2. The van der Waals surface area contributed by atoms with Gasteiger partial charge in [-0.05, 0) is 66.8 Å². The number of carboxylic acid groups (broad SMARTS) is 1. The van der Waals surface area contributed by atoms with Crippen molar-refractivity contribution in [1.29, 1.82) is 0 Å². The van der Waals surface area contributed by atoms with Crippen LogP contribution in [-0.2, 0) is 4.79 Å². The largest absolute Gasteiger partial charge is 0.481 e. The average molecular weight is 484 g/mol. The molecule has 2 atom stereocenters. The average Bonchev–Trinajstić information content (AvgIpc) is 2.79. The lowest BCUT2D eigenvalue weighted by Crippen LogP contribution is -2.37. The van der Waals surface area contributed by atoms with Gasteiger partial charge in [0.2, 0.25) is 0 Å². The smallest absolute Gasteiger partial charge is 0.323 e. The van der Waals surface area contributed by atoms with Crippen molar-refractivity contribution in [2.45, 2.75) is 78.2 Å². The van der Waals surface area contributed by atoms with E-state index in [1.807, 2.05) is 25.1 Å². The Kier molecular flexibility index (Phi) is 8.76. The highest BCUT2D eigenvalue weighted by atomic mass is 19.1. The van der Waals surface area contributed by atoms with Crippen molar-refractivity contribution < 1.29 is 19.1 Å². The first-order chi connectivity index (χ1) is 16.6. The second-order valence-electron chi connectivity index (χ2n) is 10.2. The zero-order chi connectivity index (χ0) is 25.7. The zero-order valence-corrected chi connectivity index (χ0v) is 21.2. The van der Waals surface area contributed by atoms with Gasteiger partial charge in [0.05, 0.1) is 23.5 Å². The standard InChI is InChI=1S/C28H38FN3O3/c1-17(2)27(20-11-6-5-7-12-20)31-23-16-22(29)21(19(4)14-26(33)34)15-25(23)32(28(30)35)24-13-9-8-10-18(24)3/h8-10,13,15-17,19-20,27,31H,5-7,11-12,14H2,1-4H3,(H2,30,35)(H,33,34). The van der Waals surface area contributed by atoms with Crippen LogP contribution in [0.3, 0.4) is 0 Å². The predicted molar refractivity (Wildman–Crippen MR) is 139 cm³/mol. The summed E-state index contributed by atoms with van der Waals surface area (Å²) in [7, 11) is 0. The van der Waals surface area contributed by atoms with Gasteiger partial charge >= 0.3 is 12.0 Å². The third-order valence-electron chi connectivity index (χ3n) is 7.14. The van der Waals surface area contributed by atoms with Gasteiger partial charge in [0, 0.05) is 6.04 Å². The number of aryl methyl sites for hydroxylation is 1. The van der Waals surface area contributed by atoms with E-state index in [2.05, 4.69) is 19.2 Å². The van der Waals surface area contributed by atoms with E-state index < -0.39 is 23.7 Å². The number of nitrogens with one attached hydrogen (secondary N) is 1. The highest BCUT2D eigenvalue weighted by Crippen LogP contribution is 2.40. The van der Waals surface area contributed by atoms with Gasteiger partial charge in [0.1, 0.15) is 5.82 Å². The van der Waals surface area contributed by atoms with Gasteiger partial charge < -0.3 is 16.2 Å². The number of benzene rings is 2. The number of halogens is 1. The van der Waals surface area contributed by atoms with Crippen molar-refractivity contribution >= 4 is 29.1 Å². The van der Waals surface area contributed by atoms with Crippen LogP contribution in [0.5, 0.6) is 0 Å². The Morgan fingerprint density at radius 1 is 1.11 bits per heavy atom. The zero-order valence-electron chi connectivity index (χ0n) is 21.2. The molecule has 0 radical (unpaired) electrons. The first kappa shape index (κ1) is 26.5. The number of nitrogens with two attached hydrogens (primary N) is 1. The van der Waals surface area contributed by atoms with Crippen LogP contribution in [0.2, 0.25) is 0 Å². The molecule has 2 aromatic carbocycles. The van der Waals surface area contributed by atoms with E-state index in [4.69, 9.17) is 5.73 Å². The summed E-state index contributed by atoms with van der Waals surface area (Å²) in [6, 6.07) is 9.77. The number of para-hydroxylation sites is 1. The Bertz CT molecular complexity index is 1050. The van der Waals surface area contributed by atoms with Gasteiger partial charge in [0.15, 0.2) is 0 Å². The molecule has 2 aromatic rings. The van der Waals surface area contributed by atoms with Crippen LogP contribution in [0.1, 0.15) is 76.3 Å². The van der Waals surface area contributed by atoms with E-state index in [1.54, 1.807) is 19.1 Å². The van der Waals surface area contributed by atoms with Crippen LogP contribution in [-0.4, -0.2) is 23.1 Å². The highest BCUT2D eigenvalue weighted by molar-refractivity contribution is 6.02. The first-order valence-corrected chi connectivity index (χ1v) is 12.6. The lowest BCUT2D eigenvalue weighted by Gasteiger charge is -2.36. The summed E-state index contributed by atoms with van der Waals surface area (Å²) >= 11 is 0. The summed E-state index contributed by atoms with van der Waals surface area (Å²) in [5.41, 5.74) is 8.49. The normalized spacial score (nSPS) is 16.1. The summed E-state index contributed by atoms with van der Waals surface area (Å²) in [6.45, 7) is 7.86.